The van der Waals surface area contributed by atoms with E-state index in [0.29, 0.717) is 18.5 Å². The Morgan fingerprint density at radius 2 is 1.77 bits per heavy atom. The van der Waals surface area contributed by atoms with E-state index < -0.39 is 0 Å². The number of para-hydroxylation sites is 1. The third kappa shape index (κ3) is 5.04. The number of nitrogens with two attached hydrogens (primary N) is 1. The van der Waals surface area contributed by atoms with Crippen LogP contribution in [-0.2, 0) is 9.53 Å². The van der Waals surface area contributed by atoms with Crippen LogP contribution < -0.4 is 10.5 Å². The Hall–Kier alpha value is -4.13. The molecule has 2 aromatic carbocycles. The van der Waals surface area contributed by atoms with Crippen molar-refractivity contribution >= 4 is 22.8 Å². The highest BCUT2D eigenvalue weighted by atomic mass is 16.5. The fourth-order valence-corrected chi connectivity index (χ4v) is 4.67. The summed E-state index contributed by atoms with van der Waals surface area (Å²) in [7, 11) is 0. The van der Waals surface area contributed by atoms with Crippen LogP contribution in [-0.4, -0.2) is 27.1 Å². The molecule has 35 heavy (non-hydrogen) atoms. The van der Waals surface area contributed by atoms with E-state index in [1.54, 1.807) is 0 Å². The largest absolute Gasteiger partial charge is 0.462 e. The molecule has 5 rings (SSSR count). The van der Waals surface area contributed by atoms with E-state index in [4.69, 9.17) is 15.2 Å². The van der Waals surface area contributed by atoms with Crippen molar-refractivity contribution in [1.29, 1.82) is 0 Å². The minimum absolute atomic E-state index is 0.251. The molecular formula is C28H28N4O3. The predicted molar refractivity (Wildman–Crippen MR) is 136 cm³/mol. The second-order valence-corrected chi connectivity index (χ2v) is 8.74. The smallest absolute Gasteiger partial charge is 0.302 e. The maximum Gasteiger partial charge on any atom is 0.302 e. The Morgan fingerprint density at radius 3 is 2.49 bits per heavy atom. The van der Waals surface area contributed by atoms with Crippen LogP contribution in [0.4, 0.5) is 5.82 Å². The van der Waals surface area contributed by atoms with E-state index in [-0.39, 0.29) is 5.97 Å². The lowest BCUT2D eigenvalue weighted by atomic mass is 9.90. The number of benzene rings is 2. The Balaban J connectivity index is 1.39. The Kier molecular flexibility index (Phi) is 6.48. The minimum atomic E-state index is -0.251. The highest BCUT2D eigenvalue weighted by Gasteiger charge is 2.23. The zero-order valence-electron chi connectivity index (χ0n) is 19.7. The van der Waals surface area contributed by atoms with Gasteiger partial charge in [0, 0.05) is 24.7 Å². The van der Waals surface area contributed by atoms with Gasteiger partial charge in [-0.2, -0.15) is 0 Å². The molecule has 0 unspecified atom stereocenters. The number of carbonyl (C=O) groups is 1. The van der Waals surface area contributed by atoms with Gasteiger partial charge in [0.05, 0.1) is 5.39 Å². The lowest BCUT2D eigenvalue weighted by Gasteiger charge is -2.26. The highest BCUT2D eigenvalue weighted by Crippen LogP contribution is 2.39. The zero-order chi connectivity index (χ0) is 24.2. The lowest BCUT2D eigenvalue weighted by molar-refractivity contribution is -0.139. The molecule has 1 saturated carbocycles. The quantitative estimate of drug-likeness (QED) is 0.272. The van der Waals surface area contributed by atoms with Crippen LogP contribution in [0, 0.1) is 0 Å². The van der Waals surface area contributed by atoms with Gasteiger partial charge >= 0.3 is 5.97 Å². The van der Waals surface area contributed by atoms with Crippen LogP contribution in [0.3, 0.4) is 0 Å². The second kappa shape index (κ2) is 10.0. The molecule has 0 bridgehead atoms. The van der Waals surface area contributed by atoms with Gasteiger partial charge in [0.2, 0.25) is 0 Å². The summed E-state index contributed by atoms with van der Waals surface area (Å²) in [5.74, 6) is 1.80. The Bertz CT molecular complexity index is 1350. The fraction of sp³-hybridized carbons (Fsp3) is 0.250. The first-order valence-electron chi connectivity index (χ1n) is 11.8. The van der Waals surface area contributed by atoms with E-state index in [9.17, 15) is 4.79 Å². The number of hydrogen-bond acceptors (Lipinski definition) is 6. The number of esters is 1. The van der Waals surface area contributed by atoms with Gasteiger partial charge < -0.3 is 19.8 Å². The number of aromatic nitrogens is 3. The number of ether oxygens (including phenoxy) is 2. The van der Waals surface area contributed by atoms with Crippen molar-refractivity contribution in [2.75, 3.05) is 12.3 Å². The third-order valence-electron chi connectivity index (χ3n) is 6.43. The molecule has 0 atom stereocenters. The van der Waals surface area contributed by atoms with E-state index in [0.717, 1.165) is 59.3 Å². The molecule has 2 heterocycles. The molecule has 1 aliphatic carbocycles. The zero-order valence-corrected chi connectivity index (χ0v) is 19.7. The van der Waals surface area contributed by atoms with Crippen molar-refractivity contribution < 1.29 is 14.3 Å². The topological polar surface area (TPSA) is 92.3 Å². The van der Waals surface area contributed by atoms with Crippen LogP contribution in [0.15, 0.2) is 78.8 Å². The van der Waals surface area contributed by atoms with Gasteiger partial charge in [0.25, 0.3) is 0 Å². The summed E-state index contributed by atoms with van der Waals surface area (Å²) in [6.45, 7) is 1.78. The minimum Gasteiger partial charge on any atom is -0.462 e. The van der Waals surface area contributed by atoms with E-state index in [2.05, 4.69) is 20.7 Å². The summed E-state index contributed by atoms with van der Waals surface area (Å²) in [6.07, 6.45) is 9.63. The van der Waals surface area contributed by atoms with Gasteiger partial charge in [0.1, 0.15) is 35.9 Å². The van der Waals surface area contributed by atoms with E-state index in [1.165, 1.54) is 18.8 Å². The Morgan fingerprint density at radius 1 is 1.06 bits per heavy atom. The lowest BCUT2D eigenvalue weighted by Crippen LogP contribution is -2.14. The van der Waals surface area contributed by atoms with E-state index >= 15 is 0 Å². The summed E-state index contributed by atoms with van der Waals surface area (Å²) >= 11 is 0. The van der Waals surface area contributed by atoms with Crippen LogP contribution in [0.1, 0.15) is 38.6 Å². The van der Waals surface area contributed by atoms with Crippen molar-refractivity contribution in [1.82, 2.24) is 14.5 Å². The molecule has 7 nitrogen and oxygen atoms in total. The van der Waals surface area contributed by atoms with Crippen LogP contribution in [0.2, 0.25) is 0 Å². The molecule has 0 saturated heterocycles. The van der Waals surface area contributed by atoms with Crippen molar-refractivity contribution in [2.24, 2.45) is 0 Å². The molecule has 178 valence electrons. The third-order valence-corrected chi connectivity index (χ3v) is 6.43. The molecule has 0 amide bonds. The summed E-state index contributed by atoms with van der Waals surface area (Å²) in [5.41, 5.74) is 10.6. The number of fused-ring (bicyclic) bond motifs is 1. The summed E-state index contributed by atoms with van der Waals surface area (Å²) in [5, 5.41) is 0.875. The summed E-state index contributed by atoms with van der Waals surface area (Å²) < 4.78 is 13.3. The summed E-state index contributed by atoms with van der Waals surface area (Å²) in [4.78, 5) is 19.9. The molecule has 0 spiro atoms. The van der Waals surface area contributed by atoms with Crippen LogP contribution in [0.25, 0.3) is 22.2 Å². The van der Waals surface area contributed by atoms with Crippen molar-refractivity contribution in [3.05, 3.63) is 78.8 Å². The number of carbonyl (C=O) groups excluding carboxylic acids is 1. The van der Waals surface area contributed by atoms with Crippen molar-refractivity contribution in [2.45, 2.75) is 38.6 Å². The number of anilines is 1. The molecular weight excluding hydrogens is 440 g/mol. The monoisotopic (exact) mass is 468 g/mol. The molecule has 4 aromatic rings. The first-order chi connectivity index (χ1) is 17.1. The Labute approximate surface area is 204 Å². The van der Waals surface area contributed by atoms with Gasteiger partial charge in [0.15, 0.2) is 0 Å². The normalized spacial score (nSPS) is 15.7. The van der Waals surface area contributed by atoms with Gasteiger partial charge in [-0.25, -0.2) is 9.97 Å². The van der Waals surface area contributed by atoms with Gasteiger partial charge in [-0.3, -0.25) is 4.79 Å². The predicted octanol–water partition coefficient (Wildman–Crippen LogP) is 6.08. The molecule has 1 aliphatic rings. The van der Waals surface area contributed by atoms with Crippen LogP contribution in [0.5, 0.6) is 11.5 Å². The highest BCUT2D eigenvalue weighted by molar-refractivity contribution is 6.00. The second-order valence-electron chi connectivity index (χ2n) is 8.74. The SMILES string of the molecule is CC(=O)OCC=C1CCC(n2cc(-c3ccc(Oc4ccccc4)cc3)c3c(N)ncnc32)CC1. The fourth-order valence-electron chi connectivity index (χ4n) is 4.67. The number of nitrogen functional groups attached to an aromatic ring is 1. The summed E-state index contributed by atoms with van der Waals surface area (Å²) in [6, 6.07) is 18.1. The average Bonchev–Trinajstić information content (AvgIpc) is 3.26. The molecule has 2 aromatic heterocycles. The number of hydrogen-bond donors (Lipinski definition) is 1. The number of allylic oxidation sites excluding steroid dienone is 1. The molecule has 2 N–H and O–H groups in total. The number of rotatable bonds is 6. The van der Waals surface area contributed by atoms with Crippen LogP contribution >= 0.6 is 0 Å². The maximum atomic E-state index is 11.0. The average molecular weight is 469 g/mol. The first-order valence-corrected chi connectivity index (χ1v) is 11.8. The van der Waals surface area contributed by atoms with Gasteiger partial charge in [-0.05, 0) is 61.6 Å². The van der Waals surface area contributed by atoms with Crippen molar-refractivity contribution in [3.63, 3.8) is 0 Å². The number of nitrogens with zero attached hydrogens (tertiary/aromatic N) is 3. The molecule has 7 heteroatoms. The maximum absolute atomic E-state index is 11.0. The van der Waals surface area contributed by atoms with Gasteiger partial charge in [-0.1, -0.05) is 35.9 Å². The molecule has 0 aliphatic heterocycles. The first kappa shape index (κ1) is 22.7. The molecule has 0 radical (unpaired) electrons. The van der Waals surface area contributed by atoms with Crippen molar-refractivity contribution in [3.8, 4) is 22.6 Å². The molecule has 1 fully saturated rings. The van der Waals surface area contributed by atoms with Gasteiger partial charge in [-0.15, -0.1) is 0 Å². The standard InChI is InChI=1S/C28H28N4O3/c1-19(33)34-16-15-20-7-11-22(12-8-20)32-17-25(26-27(29)30-18-31-28(26)32)21-9-13-24(14-10-21)35-23-5-3-2-4-6-23/h2-6,9-10,13-15,17-18,22H,7-8,11-12,16H2,1H3,(H2,29,30,31). The van der Waals surface area contributed by atoms with E-state index in [1.807, 2.05) is 60.7 Å².